The molecule has 0 bridgehead atoms. The van der Waals surface area contributed by atoms with Crippen LogP contribution in [0, 0.1) is 6.92 Å². The lowest BCUT2D eigenvalue weighted by atomic mass is 10.1. The fourth-order valence-corrected chi connectivity index (χ4v) is 3.21. The first-order valence-corrected chi connectivity index (χ1v) is 9.48. The number of carbonyl (C=O) groups is 2. The van der Waals surface area contributed by atoms with E-state index in [9.17, 15) is 9.59 Å². The largest absolute Gasteiger partial charge is 0.329 e. The van der Waals surface area contributed by atoms with Crippen molar-refractivity contribution in [1.82, 2.24) is 24.5 Å². The molecule has 4 aromatic rings. The van der Waals surface area contributed by atoms with Gasteiger partial charge in [0.2, 0.25) is 0 Å². The van der Waals surface area contributed by atoms with Crippen LogP contribution in [0.15, 0.2) is 55.5 Å². The van der Waals surface area contributed by atoms with Crippen LogP contribution in [0.2, 0.25) is 0 Å². The van der Waals surface area contributed by atoms with Crippen LogP contribution in [0.5, 0.6) is 0 Å². The van der Waals surface area contributed by atoms with Crippen molar-refractivity contribution in [3.05, 3.63) is 77.9 Å². The summed E-state index contributed by atoms with van der Waals surface area (Å²) >= 11 is 0. The molecule has 0 radical (unpaired) electrons. The normalized spacial score (nSPS) is 11.1. The Bertz CT molecular complexity index is 1260. The summed E-state index contributed by atoms with van der Waals surface area (Å²) < 4.78 is 1.94. The number of rotatable bonds is 5. The summed E-state index contributed by atoms with van der Waals surface area (Å²) in [5, 5.41) is 3.42. The molecule has 0 unspecified atom stereocenters. The first-order valence-electron chi connectivity index (χ1n) is 9.48. The Kier molecular flexibility index (Phi) is 5.05. The van der Waals surface area contributed by atoms with Gasteiger partial charge < -0.3 is 9.88 Å². The molecule has 4 aromatic heterocycles. The zero-order chi connectivity index (χ0) is 21.3. The van der Waals surface area contributed by atoms with Gasteiger partial charge in [0.15, 0.2) is 5.78 Å². The van der Waals surface area contributed by atoms with Crippen molar-refractivity contribution in [3.63, 3.8) is 0 Å². The van der Waals surface area contributed by atoms with Gasteiger partial charge in [-0.1, -0.05) is 0 Å². The molecule has 8 nitrogen and oxygen atoms in total. The Balaban J connectivity index is 1.65. The lowest BCUT2D eigenvalue weighted by molar-refractivity contribution is 0.101. The summed E-state index contributed by atoms with van der Waals surface area (Å²) in [5.74, 6) is -0.582. The van der Waals surface area contributed by atoms with Gasteiger partial charge in [0.05, 0.1) is 17.4 Å². The Morgan fingerprint density at radius 1 is 1.07 bits per heavy atom. The van der Waals surface area contributed by atoms with Crippen molar-refractivity contribution in [2.24, 2.45) is 0 Å². The van der Waals surface area contributed by atoms with Crippen LogP contribution >= 0.6 is 0 Å². The number of nitrogens with one attached hydrogen (secondary N) is 1. The van der Waals surface area contributed by atoms with Crippen molar-refractivity contribution in [3.8, 4) is 0 Å². The topological polar surface area (TPSA) is 103 Å². The number of ketones is 1. The second-order valence-electron chi connectivity index (χ2n) is 7.27. The first-order chi connectivity index (χ1) is 14.4. The molecular weight excluding hydrogens is 380 g/mol. The predicted molar refractivity (Wildman–Crippen MR) is 113 cm³/mol. The van der Waals surface area contributed by atoms with Crippen LogP contribution in [-0.4, -0.2) is 36.2 Å². The highest BCUT2D eigenvalue weighted by Crippen LogP contribution is 2.25. The molecule has 0 aliphatic rings. The number of nitrogens with zero attached hydrogens (tertiary/aromatic N) is 5. The monoisotopic (exact) mass is 400 g/mol. The van der Waals surface area contributed by atoms with E-state index in [4.69, 9.17) is 0 Å². The van der Waals surface area contributed by atoms with Gasteiger partial charge in [0.25, 0.3) is 5.91 Å². The second-order valence-corrected chi connectivity index (χ2v) is 7.27. The molecule has 0 aliphatic heterocycles. The average Bonchev–Trinajstić information content (AvgIpc) is 3.13. The minimum absolute atomic E-state index is 0.134. The Morgan fingerprint density at radius 2 is 1.90 bits per heavy atom. The van der Waals surface area contributed by atoms with E-state index < -0.39 is 0 Å². The van der Waals surface area contributed by atoms with Crippen LogP contribution in [0.25, 0.3) is 11.0 Å². The number of pyridine rings is 2. The van der Waals surface area contributed by atoms with E-state index >= 15 is 0 Å². The van der Waals surface area contributed by atoms with Gasteiger partial charge in [-0.05, 0) is 44.5 Å². The number of hydrogen-bond acceptors (Lipinski definition) is 6. The van der Waals surface area contributed by atoms with E-state index in [0.29, 0.717) is 33.5 Å². The minimum atomic E-state index is -0.366. The molecule has 0 saturated carbocycles. The highest BCUT2D eigenvalue weighted by molar-refractivity contribution is 6.16. The van der Waals surface area contributed by atoms with Gasteiger partial charge in [0, 0.05) is 41.8 Å². The number of carbonyl (C=O) groups excluding carboxylic acids is 2. The Hall–Kier alpha value is -3.94. The van der Waals surface area contributed by atoms with Crippen molar-refractivity contribution in [1.29, 1.82) is 0 Å². The molecule has 1 N–H and O–H groups in total. The summed E-state index contributed by atoms with van der Waals surface area (Å²) in [4.78, 5) is 42.3. The lowest BCUT2D eigenvalue weighted by Gasteiger charge is -2.07. The molecule has 4 heterocycles. The zero-order valence-corrected chi connectivity index (χ0v) is 16.8. The number of aryl methyl sites for hydroxylation is 1. The first kappa shape index (κ1) is 19.4. The molecule has 150 valence electrons. The molecule has 0 atom stereocenters. The van der Waals surface area contributed by atoms with Gasteiger partial charge in [-0.15, -0.1) is 0 Å². The third kappa shape index (κ3) is 3.67. The van der Waals surface area contributed by atoms with E-state index in [1.165, 1.54) is 18.7 Å². The molecule has 0 fully saturated rings. The molecule has 1 amide bonds. The number of anilines is 1. The van der Waals surface area contributed by atoms with Gasteiger partial charge in [-0.2, -0.15) is 0 Å². The zero-order valence-electron chi connectivity index (χ0n) is 16.8. The maximum absolute atomic E-state index is 13.2. The standard InChI is InChI=1S/C22H20N6O2/c1-13(2)28-11-18(17-10-24-12-26-21(17)28)20(29)15-7-16(9-23-8-15)27-22(30)19-6-14(3)4-5-25-19/h4-13H,1-3H3,(H,27,30). The molecule has 30 heavy (non-hydrogen) atoms. The molecule has 0 saturated heterocycles. The summed E-state index contributed by atoms with van der Waals surface area (Å²) in [6.45, 7) is 5.93. The third-order valence-corrected chi connectivity index (χ3v) is 4.70. The fraction of sp³-hybridized carbons (Fsp3) is 0.182. The lowest BCUT2D eigenvalue weighted by Crippen LogP contribution is -2.14. The highest BCUT2D eigenvalue weighted by Gasteiger charge is 2.20. The van der Waals surface area contributed by atoms with E-state index in [2.05, 4.69) is 25.3 Å². The Labute approximate surface area is 173 Å². The summed E-state index contributed by atoms with van der Waals surface area (Å²) in [7, 11) is 0. The SMILES string of the molecule is Cc1ccnc(C(=O)Nc2cncc(C(=O)c3cn(C(C)C)c4ncncc34)c2)c1. The quantitative estimate of drug-likeness (QED) is 0.514. The molecule has 8 heteroatoms. The molecule has 0 spiro atoms. The maximum Gasteiger partial charge on any atom is 0.274 e. The van der Waals surface area contributed by atoms with Crippen molar-refractivity contribution < 1.29 is 9.59 Å². The Morgan fingerprint density at radius 3 is 2.67 bits per heavy atom. The van der Waals surface area contributed by atoms with Gasteiger partial charge in [0.1, 0.15) is 17.7 Å². The van der Waals surface area contributed by atoms with Gasteiger partial charge >= 0.3 is 0 Å². The van der Waals surface area contributed by atoms with E-state index in [1.807, 2.05) is 31.4 Å². The molecular formula is C22H20N6O2. The maximum atomic E-state index is 13.2. The summed E-state index contributed by atoms with van der Waals surface area (Å²) in [6.07, 6.45) is 9.43. The number of aromatic nitrogens is 5. The van der Waals surface area contributed by atoms with Crippen LogP contribution in [-0.2, 0) is 0 Å². The minimum Gasteiger partial charge on any atom is -0.329 e. The number of amides is 1. The predicted octanol–water partition coefficient (Wildman–Crippen LogP) is 3.59. The van der Waals surface area contributed by atoms with Crippen LogP contribution < -0.4 is 5.32 Å². The van der Waals surface area contributed by atoms with Crippen LogP contribution in [0.1, 0.15) is 51.9 Å². The molecule has 0 aromatic carbocycles. The van der Waals surface area contributed by atoms with Crippen molar-refractivity contribution in [2.75, 3.05) is 5.32 Å². The molecule has 0 aliphatic carbocycles. The molecule has 4 rings (SSSR count). The van der Waals surface area contributed by atoms with Crippen molar-refractivity contribution in [2.45, 2.75) is 26.8 Å². The van der Waals surface area contributed by atoms with Gasteiger partial charge in [-0.3, -0.25) is 19.6 Å². The van der Waals surface area contributed by atoms with Gasteiger partial charge in [-0.25, -0.2) is 9.97 Å². The van der Waals surface area contributed by atoms with Crippen molar-refractivity contribution >= 4 is 28.4 Å². The van der Waals surface area contributed by atoms with Crippen LogP contribution in [0.3, 0.4) is 0 Å². The van der Waals surface area contributed by atoms with E-state index in [-0.39, 0.29) is 17.7 Å². The summed E-state index contributed by atoms with van der Waals surface area (Å²) in [5.41, 5.74) is 3.19. The third-order valence-electron chi connectivity index (χ3n) is 4.70. The van der Waals surface area contributed by atoms with E-state index in [0.717, 1.165) is 5.56 Å². The second kappa shape index (κ2) is 7.82. The summed E-state index contributed by atoms with van der Waals surface area (Å²) in [6, 6.07) is 5.24. The van der Waals surface area contributed by atoms with E-state index in [1.54, 1.807) is 30.7 Å². The smallest absolute Gasteiger partial charge is 0.274 e. The number of hydrogen-bond donors (Lipinski definition) is 1. The average molecular weight is 400 g/mol. The van der Waals surface area contributed by atoms with Crippen LogP contribution in [0.4, 0.5) is 5.69 Å². The fourth-order valence-electron chi connectivity index (χ4n) is 3.21. The number of fused-ring (bicyclic) bond motifs is 1. The highest BCUT2D eigenvalue weighted by atomic mass is 16.2.